The van der Waals surface area contributed by atoms with Crippen LogP contribution in [-0.4, -0.2) is 23.2 Å². The molecule has 1 aromatic carbocycles. The molecular formula is C14H18N2O2S. The first-order chi connectivity index (χ1) is 9.31. The molecule has 0 amide bonds. The molecule has 0 saturated heterocycles. The van der Waals surface area contributed by atoms with Crippen LogP contribution in [0.1, 0.15) is 17.5 Å². The highest BCUT2D eigenvalue weighted by Gasteiger charge is 2.07. The SMILES string of the molecule is CCOc1cccc(CNCCc2nccs2)c1O. The lowest BCUT2D eigenvalue weighted by molar-refractivity contribution is 0.316. The lowest BCUT2D eigenvalue weighted by Gasteiger charge is -2.10. The van der Waals surface area contributed by atoms with Crippen molar-refractivity contribution >= 4 is 11.3 Å². The summed E-state index contributed by atoms with van der Waals surface area (Å²) >= 11 is 1.66. The van der Waals surface area contributed by atoms with Crippen LogP contribution in [0.5, 0.6) is 11.5 Å². The average molecular weight is 278 g/mol. The van der Waals surface area contributed by atoms with Crippen molar-refractivity contribution < 1.29 is 9.84 Å². The van der Waals surface area contributed by atoms with E-state index in [2.05, 4.69) is 10.3 Å². The topological polar surface area (TPSA) is 54.4 Å². The summed E-state index contributed by atoms with van der Waals surface area (Å²) in [6.07, 6.45) is 2.72. The van der Waals surface area contributed by atoms with Crippen molar-refractivity contribution in [3.8, 4) is 11.5 Å². The molecule has 2 N–H and O–H groups in total. The van der Waals surface area contributed by atoms with Gasteiger partial charge < -0.3 is 15.2 Å². The largest absolute Gasteiger partial charge is 0.504 e. The Balaban J connectivity index is 1.83. The maximum Gasteiger partial charge on any atom is 0.162 e. The minimum absolute atomic E-state index is 0.228. The van der Waals surface area contributed by atoms with Gasteiger partial charge in [-0.2, -0.15) is 0 Å². The Morgan fingerprint density at radius 1 is 1.42 bits per heavy atom. The Labute approximate surface area is 117 Å². The summed E-state index contributed by atoms with van der Waals surface area (Å²) in [4.78, 5) is 4.23. The predicted octanol–water partition coefficient (Wildman–Crippen LogP) is 2.58. The summed E-state index contributed by atoms with van der Waals surface area (Å²) in [5.74, 6) is 0.771. The first kappa shape index (κ1) is 13.8. The number of rotatable bonds is 7. The monoisotopic (exact) mass is 278 g/mol. The molecular weight excluding hydrogens is 260 g/mol. The molecule has 4 nitrogen and oxygen atoms in total. The number of aromatic nitrogens is 1. The molecule has 2 aromatic rings. The lowest BCUT2D eigenvalue weighted by atomic mass is 10.2. The highest BCUT2D eigenvalue weighted by atomic mass is 32.1. The second-order valence-corrected chi connectivity index (χ2v) is 5.03. The molecule has 0 spiro atoms. The van der Waals surface area contributed by atoms with Gasteiger partial charge in [0.25, 0.3) is 0 Å². The number of para-hydroxylation sites is 1. The minimum Gasteiger partial charge on any atom is -0.504 e. The van der Waals surface area contributed by atoms with Crippen molar-refractivity contribution in [1.82, 2.24) is 10.3 Å². The van der Waals surface area contributed by atoms with Crippen molar-refractivity contribution in [3.63, 3.8) is 0 Å². The van der Waals surface area contributed by atoms with Gasteiger partial charge in [-0.1, -0.05) is 12.1 Å². The lowest BCUT2D eigenvalue weighted by Crippen LogP contribution is -2.16. The number of hydrogen-bond acceptors (Lipinski definition) is 5. The minimum atomic E-state index is 0.228. The van der Waals surface area contributed by atoms with Crippen LogP contribution in [0.3, 0.4) is 0 Å². The molecule has 0 saturated carbocycles. The van der Waals surface area contributed by atoms with E-state index in [-0.39, 0.29) is 5.75 Å². The van der Waals surface area contributed by atoms with Gasteiger partial charge >= 0.3 is 0 Å². The Morgan fingerprint density at radius 2 is 2.32 bits per heavy atom. The van der Waals surface area contributed by atoms with E-state index in [1.165, 1.54) is 0 Å². The van der Waals surface area contributed by atoms with Crippen LogP contribution >= 0.6 is 11.3 Å². The van der Waals surface area contributed by atoms with E-state index < -0.39 is 0 Å². The van der Waals surface area contributed by atoms with Crippen LogP contribution in [0, 0.1) is 0 Å². The van der Waals surface area contributed by atoms with E-state index in [1.807, 2.05) is 30.6 Å². The zero-order valence-electron chi connectivity index (χ0n) is 10.9. The van der Waals surface area contributed by atoms with Gasteiger partial charge in [0.15, 0.2) is 11.5 Å². The van der Waals surface area contributed by atoms with Crippen molar-refractivity contribution in [2.45, 2.75) is 19.9 Å². The number of nitrogens with one attached hydrogen (secondary N) is 1. The second-order valence-electron chi connectivity index (χ2n) is 4.05. The molecule has 1 heterocycles. The van der Waals surface area contributed by atoms with E-state index in [0.717, 1.165) is 23.5 Å². The molecule has 0 aliphatic rings. The molecule has 0 aliphatic carbocycles. The summed E-state index contributed by atoms with van der Waals surface area (Å²) in [6.45, 7) is 3.91. The van der Waals surface area contributed by atoms with Gasteiger partial charge in [-0.15, -0.1) is 11.3 Å². The van der Waals surface area contributed by atoms with E-state index >= 15 is 0 Å². The van der Waals surface area contributed by atoms with Crippen molar-refractivity contribution in [3.05, 3.63) is 40.3 Å². The molecule has 19 heavy (non-hydrogen) atoms. The third-order valence-electron chi connectivity index (χ3n) is 2.70. The van der Waals surface area contributed by atoms with Crippen molar-refractivity contribution in [2.24, 2.45) is 0 Å². The molecule has 102 valence electrons. The average Bonchev–Trinajstić information content (AvgIpc) is 2.92. The second kappa shape index (κ2) is 7.11. The third kappa shape index (κ3) is 3.94. The molecule has 0 fully saturated rings. The van der Waals surface area contributed by atoms with Crippen LogP contribution in [-0.2, 0) is 13.0 Å². The van der Waals surface area contributed by atoms with Crippen molar-refractivity contribution in [2.75, 3.05) is 13.2 Å². The fourth-order valence-corrected chi connectivity index (χ4v) is 2.40. The number of thiazole rings is 1. The maximum absolute atomic E-state index is 10.0. The summed E-state index contributed by atoms with van der Waals surface area (Å²) < 4.78 is 5.36. The van der Waals surface area contributed by atoms with E-state index in [1.54, 1.807) is 17.4 Å². The van der Waals surface area contributed by atoms with Crippen molar-refractivity contribution in [1.29, 1.82) is 0 Å². The van der Waals surface area contributed by atoms with Crippen LogP contribution in [0.15, 0.2) is 29.8 Å². The van der Waals surface area contributed by atoms with Gasteiger partial charge in [0.1, 0.15) is 0 Å². The van der Waals surface area contributed by atoms with Crippen LogP contribution in [0.4, 0.5) is 0 Å². The quantitative estimate of drug-likeness (QED) is 0.764. The van der Waals surface area contributed by atoms with E-state index in [0.29, 0.717) is 18.9 Å². The Kier molecular flexibility index (Phi) is 5.18. The number of nitrogens with zero attached hydrogens (tertiary/aromatic N) is 1. The number of phenols is 1. The summed E-state index contributed by atoms with van der Waals surface area (Å²) in [5.41, 5.74) is 0.852. The highest BCUT2D eigenvalue weighted by Crippen LogP contribution is 2.29. The Bertz CT molecular complexity index is 500. The van der Waals surface area contributed by atoms with Gasteiger partial charge in [-0.05, 0) is 13.0 Å². The van der Waals surface area contributed by atoms with Crippen LogP contribution in [0.25, 0.3) is 0 Å². The van der Waals surface area contributed by atoms with E-state index in [9.17, 15) is 5.11 Å². The number of aromatic hydroxyl groups is 1. The summed E-state index contributed by atoms with van der Waals surface area (Å²) in [7, 11) is 0. The number of ether oxygens (including phenoxy) is 1. The van der Waals surface area contributed by atoms with Gasteiger partial charge in [0.2, 0.25) is 0 Å². The summed E-state index contributed by atoms with van der Waals surface area (Å²) in [5, 5.41) is 16.4. The maximum atomic E-state index is 10.0. The van der Waals surface area contributed by atoms with Crippen LogP contribution < -0.4 is 10.1 Å². The molecule has 0 bridgehead atoms. The standard InChI is InChI=1S/C14H18N2O2S/c1-2-18-12-5-3-4-11(14(12)17)10-15-7-6-13-16-8-9-19-13/h3-5,8-9,15,17H,2,6-7,10H2,1H3. The van der Waals surface area contributed by atoms with E-state index in [4.69, 9.17) is 4.74 Å². The molecule has 0 radical (unpaired) electrons. The zero-order valence-corrected chi connectivity index (χ0v) is 11.7. The first-order valence-corrected chi connectivity index (χ1v) is 7.22. The third-order valence-corrected chi connectivity index (χ3v) is 3.54. The Hall–Kier alpha value is -1.59. The number of hydrogen-bond donors (Lipinski definition) is 2. The predicted molar refractivity (Wildman–Crippen MR) is 76.8 cm³/mol. The first-order valence-electron chi connectivity index (χ1n) is 6.34. The molecule has 0 aliphatic heterocycles. The zero-order chi connectivity index (χ0) is 13.5. The van der Waals surface area contributed by atoms with Gasteiger partial charge in [-0.25, -0.2) is 4.98 Å². The van der Waals surface area contributed by atoms with Crippen LogP contribution in [0.2, 0.25) is 0 Å². The molecule has 0 unspecified atom stereocenters. The van der Waals surface area contributed by atoms with Gasteiger partial charge in [0, 0.05) is 36.7 Å². The van der Waals surface area contributed by atoms with Gasteiger partial charge in [-0.3, -0.25) is 0 Å². The molecule has 2 rings (SSSR count). The summed E-state index contributed by atoms with van der Waals surface area (Å²) in [6, 6.07) is 5.56. The normalized spacial score (nSPS) is 10.6. The number of benzene rings is 1. The highest BCUT2D eigenvalue weighted by molar-refractivity contribution is 7.09. The Morgan fingerprint density at radius 3 is 3.05 bits per heavy atom. The van der Waals surface area contributed by atoms with Gasteiger partial charge in [0.05, 0.1) is 11.6 Å². The molecule has 0 atom stereocenters. The fourth-order valence-electron chi connectivity index (χ4n) is 1.78. The number of phenolic OH excluding ortho intramolecular Hbond substituents is 1. The fraction of sp³-hybridized carbons (Fsp3) is 0.357. The smallest absolute Gasteiger partial charge is 0.162 e. The molecule has 1 aromatic heterocycles. The molecule has 5 heteroatoms.